The molecular formula is C20H24N4O2. The molecule has 3 aromatic rings. The van der Waals surface area contributed by atoms with Crippen molar-refractivity contribution in [2.75, 3.05) is 19.7 Å². The number of aliphatic hydroxyl groups excluding tert-OH is 1. The second-order valence-corrected chi connectivity index (χ2v) is 7.79. The van der Waals surface area contributed by atoms with Gasteiger partial charge in [0.25, 0.3) is 0 Å². The van der Waals surface area contributed by atoms with Crippen LogP contribution in [0.4, 0.5) is 0 Å². The quantitative estimate of drug-likeness (QED) is 0.765. The number of likely N-dealkylation sites (tertiary alicyclic amines) is 1. The number of para-hydroxylation sites is 1. The van der Waals surface area contributed by atoms with Gasteiger partial charge in [0.1, 0.15) is 0 Å². The molecule has 0 radical (unpaired) electrons. The van der Waals surface area contributed by atoms with Gasteiger partial charge < -0.3 is 14.2 Å². The van der Waals surface area contributed by atoms with E-state index in [2.05, 4.69) is 57.1 Å². The highest BCUT2D eigenvalue weighted by Crippen LogP contribution is 2.40. The summed E-state index contributed by atoms with van der Waals surface area (Å²) in [6.07, 6.45) is 4.55. The minimum atomic E-state index is 0.120. The fourth-order valence-corrected chi connectivity index (χ4v) is 4.25. The summed E-state index contributed by atoms with van der Waals surface area (Å²) < 4.78 is 7.73. The van der Waals surface area contributed by atoms with E-state index in [9.17, 15) is 5.11 Å². The summed E-state index contributed by atoms with van der Waals surface area (Å²) in [5.74, 6) is 2.32. The third-order valence-electron chi connectivity index (χ3n) is 5.84. The predicted octanol–water partition coefficient (Wildman–Crippen LogP) is 2.65. The summed E-state index contributed by atoms with van der Waals surface area (Å²) >= 11 is 0. The number of fused-ring (bicyclic) bond motifs is 1. The van der Waals surface area contributed by atoms with Crippen LogP contribution in [0.15, 0.2) is 35.0 Å². The van der Waals surface area contributed by atoms with Crippen molar-refractivity contribution in [2.24, 2.45) is 13.0 Å². The number of aryl methyl sites for hydroxylation is 1. The standard InChI is InChI=1S/C20H24N4O2/c1-23-8-14(16-4-2-3-5-18(16)23)9-24-10-15(12-25)17(11-24)20-21-19(22-26-20)13-6-7-13/h2-5,8,13,15,17,25H,6-7,9-12H2,1H3. The van der Waals surface area contributed by atoms with Gasteiger partial charge in [-0.1, -0.05) is 23.4 Å². The second kappa shape index (κ2) is 6.21. The zero-order valence-electron chi connectivity index (χ0n) is 15.0. The van der Waals surface area contributed by atoms with E-state index in [0.29, 0.717) is 11.8 Å². The van der Waals surface area contributed by atoms with Gasteiger partial charge in [-0.05, 0) is 24.5 Å². The van der Waals surface area contributed by atoms with Crippen LogP contribution in [0.1, 0.15) is 42.0 Å². The first-order valence-electron chi connectivity index (χ1n) is 9.42. The Kier molecular flexibility index (Phi) is 3.83. The van der Waals surface area contributed by atoms with Crippen LogP contribution in [0.3, 0.4) is 0 Å². The number of aliphatic hydroxyl groups is 1. The molecule has 2 aliphatic rings. The van der Waals surface area contributed by atoms with Crippen LogP contribution in [0, 0.1) is 5.92 Å². The SMILES string of the molecule is Cn1cc(CN2CC(CO)C(c3nc(C4CC4)no3)C2)c2ccccc21. The Labute approximate surface area is 152 Å². The molecule has 1 aliphatic heterocycles. The molecule has 136 valence electrons. The third kappa shape index (κ3) is 2.73. The summed E-state index contributed by atoms with van der Waals surface area (Å²) in [6, 6.07) is 8.50. The van der Waals surface area contributed by atoms with Crippen LogP contribution in [0.25, 0.3) is 10.9 Å². The van der Waals surface area contributed by atoms with E-state index in [4.69, 9.17) is 4.52 Å². The average molecular weight is 352 g/mol. The molecule has 1 N–H and O–H groups in total. The first-order valence-corrected chi connectivity index (χ1v) is 9.42. The Balaban J connectivity index is 1.36. The molecule has 1 aliphatic carbocycles. The zero-order chi connectivity index (χ0) is 17.7. The third-order valence-corrected chi connectivity index (χ3v) is 5.84. The molecule has 26 heavy (non-hydrogen) atoms. The smallest absolute Gasteiger partial charge is 0.231 e. The molecule has 3 heterocycles. The maximum absolute atomic E-state index is 9.87. The van der Waals surface area contributed by atoms with Crippen molar-refractivity contribution in [3.63, 3.8) is 0 Å². The highest BCUT2D eigenvalue weighted by atomic mass is 16.5. The van der Waals surface area contributed by atoms with E-state index in [-0.39, 0.29) is 18.4 Å². The van der Waals surface area contributed by atoms with Crippen LogP contribution >= 0.6 is 0 Å². The molecule has 2 fully saturated rings. The molecule has 2 atom stereocenters. The van der Waals surface area contributed by atoms with E-state index < -0.39 is 0 Å². The minimum absolute atomic E-state index is 0.120. The molecule has 2 aromatic heterocycles. The average Bonchev–Trinajstić information content (AvgIpc) is 3.12. The van der Waals surface area contributed by atoms with E-state index in [1.807, 2.05) is 0 Å². The van der Waals surface area contributed by atoms with Crippen LogP contribution in [0.2, 0.25) is 0 Å². The largest absolute Gasteiger partial charge is 0.396 e. The molecule has 0 amide bonds. The van der Waals surface area contributed by atoms with Gasteiger partial charge in [-0.3, -0.25) is 4.90 Å². The lowest BCUT2D eigenvalue weighted by molar-refractivity contribution is 0.205. The van der Waals surface area contributed by atoms with Crippen LogP contribution in [-0.4, -0.2) is 44.4 Å². The van der Waals surface area contributed by atoms with Gasteiger partial charge in [-0.15, -0.1) is 0 Å². The van der Waals surface area contributed by atoms with Crippen molar-refractivity contribution < 1.29 is 9.63 Å². The van der Waals surface area contributed by atoms with Crippen molar-refractivity contribution >= 4 is 10.9 Å². The number of benzene rings is 1. The van der Waals surface area contributed by atoms with Crippen molar-refractivity contribution in [1.82, 2.24) is 19.6 Å². The molecule has 1 saturated carbocycles. The van der Waals surface area contributed by atoms with Gasteiger partial charge in [-0.25, -0.2) is 0 Å². The summed E-state index contributed by atoms with van der Waals surface area (Å²) in [6.45, 7) is 2.72. The molecule has 1 aromatic carbocycles. The van der Waals surface area contributed by atoms with Gasteiger partial charge in [0.05, 0.1) is 5.92 Å². The molecule has 6 heteroatoms. The van der Waals surface area contributed by atoms with Gasteiger partial charge in [0.15, 0.2) is 5.82 Å². The van der Waals surface area contributed by atoms with Crippen LogP contribution < -0.4 is 0 Å². The lowest BCUT2D eigenvalue weighted by atomic mass is 9.97. The molecular weight excluding hydrogens is 328 g/mol. The van der Waals surface area contributed by atoms with E-state index >= 15 is 0 Å². The molecule has 0 bridgehead atoms. The maximum Gasteiger partial charge on any atom is 0.231 e. The van der Waals surface area contributed by atoms with Crippen LogP contribution in [0.5, 0.6) is 0 Å². The van der Waals surface area contributed by atoms with Crippen molar-refractivity contribution in [3.05, 3.63) is 47.7 Å². The number of hydrogen-bond acceptors (Lipinski definition) is 5. The van der Waals surface area contributed by atoms with Crippen molar-refractivity contribution in [2.45, 2.75) is 31.2 Å². The van der Waals surface area contributed by atoms with E-state index in [0.717, 1.165) is 25.5 Å². The maximum atomic E-state index is 9.87. The fourth-order valence-electron chi connectivity index (χ4n) is 4.25. The van der Waals surface area contributed by atoms with Crippen molar-refractivity contribution in [1.29, 1.82) is 0 Å². The van der Waals surface area contributed by atoms with E-state index in [1.165, 1.54) is 29.3 Å². The Bertz CT molecular complexity index is 927. The normalized spacial score (nSPS) is 23.9. The summed E-state index contributed by atoms with van der Waals surface area (Å²) in [5, 5.41) is 15.3. The lowest BCUT2D eigenvalue weighted by Gasteiger charge is -2.14. The number of rotatable bonds is 5. The molecule has 0 spiro atoms. The molecule has 5 rings (SSSR count). The van der Waals surface area contributed by atoms with Gasteiger partial charge in [0, 0.05) is 62.2 Å². The second-order valence-electron chi connectivity index (χ2n) is 7.79. The topological polar surface area (TPSA) is 67.3 Å². The summed E-state index contributed by atoms with van der Waals surface area (Å²) in [7, 11) is 2.09. The Morgan fingerprint density at radius 1 is 1.23 bits per heavy atom. The van der Waals surface area contributed by atoms with E-state index in [1.54, 1.807) is 0 Å². The Hall–Kier alpha value is -2.18. The lowest BCUT2D eigenvalue weighted by Crippen LogP contribution is -2.20. The molecule has 6 nitrogen and oxygen atoms in total. The highest BCUT2D eigenvalue weighted by molar-refractivity contribution is 5.83. The first kappa shape index (κ1) is 16.0. The number of aromatic nitrogens is 3. The Morgan fingerprint density at radius 2 is 2.08 bits per heavy atom. The molecule has 1 saturated heterocycles. The number of nitrogens with zero attached hydrogens (tertiary/aromatic N) is 4. The predicted molar refractivity (Wildman–Crippen MR) is 97.8 cm³/mol. The molecule has 2 unspecified atom stereocenters. The van der Waals surface area contributed by atoms with Crippen LogP contribution in [-0.2, 0) is 13.6 Å². The summed E-state index contributed by atoms with van der Waals surface area (Å²) in [5.41, 5.74) is 2.58. The zero-order valence-corrected chi connectivity index (χ0v) is 15.0. The summed E-state index contributed by atoms with van der Waals surface area (Å²) in [4.78, 5) is 7.03. The van der Waals surface area contributed by atoms with Gasteiger partial charge in [0.2, 0.25) is 5.89 Å². The minimum Gasteiger partial charge on any atom is -0.396 e. The number of hydrogen-bond donors (Lipinski definition) is 1. The Morgan fingerprint density at radius 3 is 2.88 bits per heavy atom. The fraction of sp³-hybridized carbons (Fsp3) is 0.500. The monoisotopic (exact) mass is 352 g/mol. The van der Waals surface area contributed by atoms with Gasteiger partial charge in [-0.2, -0.15) is 4.98 Å². The van der Waals surface area contributed by atoms with Gasteiger partial charge >= 0.3 is 0 Å². The first-order chi connectivity index (χ1) is 12.7. The van der Waals surface area contributed by atoms with Crippen molar-refractivity contribution in [3.8, 4) is 0 Å². The highest BCUT2D eigenvalue weighted by Gasteiger charge is 2.38.